The number of nitrogens with one attached hydrogen (secondary N) is 1. The molecule has 0 aliphatic carbocycles. The van der Waals surface area contributed by atoms with Crippen molar-refractivity contribution in [3.63, 3.8) is 0 Å². The van der Waals surface area contributed by atoms with E-state index in [2.05, 4.69) is 96.3 Å². The first-order chi connectivity index (χ1) is 18.9. The summed E-state index contributed by atoms with van der Waals surface area (Å²) in [5.41, 5.74) is 0. The average Bonchev–Trinajstić information content (AvgIpc) is 2.96. The highest BCUT2D eigenvalue weighted by molar-refractivity contribution is 7.95. The van der Waals surface area contributed by atoms with Gasteiger partial charge in [-0.3, -0.25) is 4.57 Å². The molecule has 0 aliphatic rings. The molecule has 3 rings (SSSR count). The molecule has 40 heavy (non-hydrogen) atoms. The highest BCUT2D eigenvalue weighted by Gasteiger charge is 2.44. The molecule has 3 aromatic rings. The lowest BCUT2D eigenvalue weighted by atomic mass is 10.1. The van der Waals surface area contributed by atoms with Crippen LogP contribution in [0.3, 0.4) is 0 Å². The second kappa shape index (κ2) is 17.6. The van der Waals surface area contributed by atoms with Crippen molar-refractivity contribution in [3.8, 4) is 0 Å². The molecule has 0 atom stereocenters. The van der Waals surface area contributed by atoms with Crippen LogP contribution in [0.2, 0.25) is 0 Å². The van der Waals surface area contributed by atoms with Crippen LogP contribution in [0.5, 0.6) is 0 Å². The van der Waals surface area contributed by atoms with E-state index in [1.165, 1.54) is 47.8 Å². The van der Waals surface area contributed by atoms with Gasteiger partial charge in [0.25, 0.3) is 0 Å². The molecule has 0 amide bonds. The van der Waals surface area contributed by atoms with Crippen molar-refractivity contribution in [3.05, 3.63) is 91.0 Å². The summed E-state index contributed by atoms with van der Waals surface area (Å²) < 4.78 is 24.3. The van der Waals surface area contributed by atoms with Crippen LogP contribution in [0.15, 0.2) is 91.0 Å². The van der Waals surface area contributed by atoms with Crippen LogP contribution in [0, 0.1) is 0 Å². The molecule has 0 bridgehead atoms. The summed E-state index contributed by atoms with van der Waals surface area (Å²) in [7, 11) is -4.92. The van der Waals surface area contributed by atoms with Gasteiger partial charge in [0.2, 0.25) is 0 Å². The molecular weight excluding hydrogens is 600 g/mol. The van der Waals surface area contributed by atoms with Crippen molar-refractivity contribution < 1.29 is 30.6 Å². The van der Waals surface area contributed by atoms with E-state index in [-0.39, 0.29) is 17.0 Å². The number of halogens is 1. The molecule has 0 unspecified atom stereocenters. The molecule has 3 aromatic carbocycles. The lowest BCUT2D eigenvalue weighted by Gasteiger charge is -2.33. The number of hydrogen-bond acceptors (Lipinski definition) is 4. The molecule has 0 saturated carbocycles. The third-order valence-corrected chi connectivity index (χ3v) is 14.6. The van der Waals surface area contributed by atoms with Gasteiger partial charge in [-0.05, 0) is 89.9 Å². The first-order valence-corrected chi connectivity index (χ1v) is 18.1. The maximum absolute atomic E-state index is 13.2. The van der Waals surface area contributed by atoms with E-state index in [9.17, 15) is 4.57 Å². The zero-order valence-corrected chi connectivity index (χ0v) is 28.1. The molecule has 220 valence electrons. The van der Waals surface area contributed by atoms with Crippen LogP contribution < -0.4 is 38.2 Å². The van der Waals surface area contributed by atoms with Crippen molar-refractivity contribution in [2.24, 2.45) is 0 Å². The van der Waals surface area contributed by atoms with Crippen LogP contribution >= 0.6 is 14.9 Å². The number of benzene rings is 3. The van der Waals surface area contributed by atoms with Crippen molar-refractivity contribution in [2.45, 2.75) is 71.5 Å². The SMILES string of the molecule is CCOP(=O)(OCC)C(C)(C)NCCCCCCCC[P+](c1ccccc1)(c1ccccc1)c1ccccc1.[Br-]. The van der Waals surface area contributed by atoms with Crippen LogP contribution in [0.1, 0.15) is 66.2 Å². The molecule has 1 N–H and O–H groups in total. The van der Waals surface area contributed by atoms with Crippen molar-refractivity contribution in [1.29, 1.82) is 0 Å². The van der Waals surface area contributed by atoms with Gasteiger partial charge in [0.15, 0.2) is 0 Å². The second-order valence-electron chi connectivity index (χ2n) is 10.5. The van der Waals surface area contributed by atoms with E-state index in [0.29, 0.717) is 13.2 Å². The second-order valence-corrected chi connectivity index (χ2v) is 16.7. The molecule has 0 radical (unpaired) electrons. The summed E-state index contributed by atoms with van der Waals surface area (Å²) in [6, 6.07) is 33.5. The predicted octanol–water partition coefficient (Wildman–Crippen LogP) is 4.92. The normalized spacial score (nSPS) is 12.2. The Kier molecular flexibility index (Phi) is 15.3. The fourth-order valence-electron chi connectivity index (χ4n) is 5.25. The van der Waals surface area contributed by atoms with Crippen molar-refractivity contribution in [2.75, 3.05) is 25.9 Å². The Labute approximate surface area is 254 Å². The summed E-state index contributed by atoms with van der Waals surface area (Å²) in [6.45, 7) is 9.11. The number of hydrogen-bond donors (Lipinski definition) is 1. The summed E-state index contributed by atoms with van der Waals surface area (Å²) in [4.78, 5) is 0. The first-order valence-electron chi connectivity index (χ1n) is 14.6. The Morgan fingerprint density at radius 3 is 1.43 bits per heavy atom. The smallest absolute Gasteiger partial charge is 0.349 e. The predicted molar refractivity (Wildman–Crippen MR) is 171 cm³/mol. The quantitative estimate of drug-likeness (QED) is 0.157. The topological polar surface area (TPSA) is 47.6 Å². The monoisotopic (exact) mass is 647 g/mol. The fraction of sp³-hybridized carbons (Fsp3) is 0.455. The van der Waals surface area contributed by atoms with Gasteiger partial charge in [-0.1, -0.05) is 73.9 Å². The maximum atomic E-state index is 13.2. The Morgan fingerprint density at radius 2 is 1.02 bits per heavy atom. The third kappa shape index (κ3) is 9.09. The zero-order valence-electron chi connectivity index (χ0n) is 24.7. The summed E-state index contributed by atoms with van der Waals surface area (Å²) in [5, 5.41) is 7.14. The van der Waals surface area contributed by atoms with Crippen LogP contribution in [0.25, 0.3) is 0 Å². The fourth-order valence-corrected chi connectivity index (χ4v) is 11.4. The minimum absolute atomic E-state index is 0. The Bertz CT molecular complexity index is 1020. The van der Waals surface area contributed by atoms with Crippen molar-refractivity contribution >= 4 is 30.8 Å². The summed E-state index contributed by atoms with van der Waals surface area (Å²) >= 11 is 0. The molecule has 0 saturated heterocycles. The van der Waals surface area contributed by atoms with Gasteiger partial charge in [-0.2, -0.15) is 0 Å². The third-order valence-electron chi connectivity index (χ3n) is 7.35. The highest BCUT2D eigenvalue weighted by Crippen LogP contribution is 2.58. The molecule has 0 spiro atoms. The first kappa shape index (κ1) is 34.9. The van der Waals surface area contributed by atoms with E-state index < -0.39 is 20.1 Å². The van der Waals surface area contributed by atoms with Gasteiger partial charge >= 0.3 is 7.60 Å². The van der Waals surface area contributed by atoms with Crippen LogP contribution in [0.4, 0.5) is 0 Å². The van der Waals surface area contributed by atoms with E-state index in [0.717, 1.165) is 19.4 Å². The van der Waals surface area contributed by atoms with E-state index in [4.69, 9.17) is 9.05 Å². The molecule has 0 aromatic heterocycles. The van der Waals surface area contributed by atoms with Gasteiger partial charge in [-0.25, -0.2) is 0 Å². The van der Waals surface area contributed by atoms with E-state index in [1.807, 2.05) is 27.7 Å². The average molecular weight is 649 g/mol. The minimum atomic E-state index is -3.19. The lowest BCUT2D eigenvalue weighted by molar-refractivity contribution is -0.0000125. The van der Waals surface area contributed by atoms with Gasteiger partial charge in [0.05, 0.1) is 19.4 Å². The standard InChI is InChI=1S/C33H48NO3P2.BrH/c1-5-36-39(35,37-6-2)33(3,4)34-28-20-9-7-8-10-21-29-38(30-22-14-11-15-23-30,31-24-16-12-17-25-31)32-26-18-13-19-27-32;/h11-19,22-27,34H,5-10,20-21,28-29H2,1-4H3;1H/q+1;/p-1. The van der Waals surface area contributed by atoms with Crippen LogP contribution in [-0.4, -0.2) is 31.2 Å². The Morgan fingerprint density at radius 1 is 0.650 bits per heavy atom. The van der Waals surface area contributed by atoms with Gasteiger partial charge in [0, 0.05) is 0 Å². The molecule has 0 heterocycles. The van der Waals surface area contributed by atoms with Gasteiger partial charge < -0.3 is 31.3 Å². The molecule has 0 aliphatic heterocycles. The maximum Gasteiger partial charge on any atom is 0.349 e. The molecular formula is C33H48BrNO3P2. The zero-order chi connectivity index (χ0) is 28.0. The lowest BCUT2D eigenvalue weighted by Crippen LogP contribution is -3.00. The Hall–Kier alpha value is -1.32. The summed E-state index contributed by atoms with van der Waals surface area (Å²) in [6.07, 6.45) is 8.29. The highest BCUT2D eigenvalue weighted by atomic mass is 79.9. The van der Waals surface area contributed by atoms with E-state index >= 15 is 0 Å². The van der Waals surface area contributed by atoms with Gasteiger partial charge in [-0.15, -0.1) is 0 Å². The molecule has 7 heteroatoms. The van der Waals surface area contributed by atoms with Crippen LogP contribution in [-0.2, 0) is 13.6 Å². The summed E-state index contributed by atoms with van der Waals surface area (Å²) in [5.74, 6) is 0. The number of rotatable bonds is 18. The van der Waals surface area contributed by atoms with Gasteiger partial charge in [0.1, 0.15) is 28.5 Å². The Balaban J connectivity index is 0.00000560. The van der Waals surface area contributed by atoms with E-state index in [1.54, 1.807) is 0 Å². The largest absolute Gasteiger partial charge is 1.00 e. The molecule has 0 fully saturated rings. The molecule has 4 nitrogen and oxygen atoms in total. The van der Waals surface area contributed by atoms with Crippen molar-refractivity contribution in [1.82, 2.24) is 5.32 Å². The number of unbranched alkanes of at least 4 members (excludes halogenated alkanes) is 5. The minimum Gasteiger partial charge on any atom is -1.00 e.